The maximum atomic E-state index is 13.0. The van der Waals surface area contributed by atoms with E-state index in [2.05, 4.69) is 17.3 Å². The molecule has 0 unspecified atom stereocenters. The molecule has 0 saturated heterocycles. The van der Waals surface area contributed by atoms with Crippen molar-refractivity contribution in [3.63, 3.8) is 0 Å². The van der Waals surface area contributed by atoms with Crippen molar-refractivity contribution in [2.75, 3.05) is 0 Å². The van der Waals surface area contributed by atoms with Gasteiger partial charge in [0.05, 0.1) is 0 Å². The molecule has 0 spiro atoms. The van der Waals surface area contributed by atoms with Crippen LogP contribution in [0.2, 0.25) is 0 Å². The van der Waals surface area contributed by atoms with Crippen LogP contribution in [0.25, 0.3) is 0 Å². The molecule has 0 N–H and O–H groups in total. The van der Waals surface area contributed by atoms with Crippen LogP contribution >= 0.6 is 11.8 Å². The molecule has 0 bridgehead atoms. The van der Waals surface area contributed by atoms with Crippen LogP contribution < -0.4 is 0 Å². The van der Waals surface area contributed by atoms with E-state index in [9.17, 15) is 9.59 Å². The Kier molecular flexibility index (Phi) is 7.43. The van der Waals surface area contributed by atoms with Crippen molar-refractivity contribution in [3.8, 4) is 0 Å². The van der Waals surface area contributed by atoms with E-state index in [1.165, 1.54) is 26.2 Å². The second kappa shape index (κ2) is 10.2. The quantitative estimate of drug-likeness (QED) is 0.253. The smallest absolute Gasteiger partial charge is 0.318 e. The van der Waals surface area contributed by atoms with E-state index in [-0.39, 0.29) is 5.78 Å². The Morgan fingerprint density at radius 3 is 2.25 bits per heavy atom. The Morgan fingerprint density at radius 1 is 0.964 bits per heavy atom. The molecule has 146 valence electrons. The Bertz CT molecular complexity index is 825. The molecule has 0 atom stereocenters. The number of nitrogens with zero attached hydrogens (tertiary/aromatic N) is 1. The highest BCUT2D eigenvalue weighted by atomic mass is 32.2. The van der Waals surface area contributed by atoms with E-state index in [0.717, 1.165) is 22.6 Å². The molecule has 0 amide bonds. The molecule has 5 heteroatoms. The number of carbonyl (C=O) groups is 2. The number of benzene rings is 2. The molecule has 3 rings (SSSR count). The zero-order chi connectivity index (χ0) is 19.8. The third kappa shape index (κ3) is 6.06. The van der Waals surface area contributed by atoms with Crippen molar-refractivity contribution < 1.29 is 14.4 Å². The minimum absolute atomic E-state index is 0.164. The van der Waals surface area contributed by atoms with Crippen LogP contribution in [0.15, 0.2) is 69.5 Å². The minimum atomic E-state index is -0.511. The standard InChI is InChI=1S/C23H25NO3S/c1-17(25)27-24-22(16-18-8-4-2-5-9-18)23(26)19-12-14-21(15-13-19)28-20-10-6-3-7-11-20/h3,6-7,10-15,18H,2,4-5,8-9,16H2,1H3/b24-22+. The fourth-order valence-electron chi connectivity index (χ4n) is 3.42. The van der Waals surface area contributed by atoms with Crippen molar-refractivity contribution in [1.82, 2.24) is 0 Å². The van der Waals surface area contributed by atoms with Gasteiger partial charge >= 0.3 is 5.97 Å². The summed E-state index contributed by atoms with van der Waals surface area (Å²) in [5, 5.41) is 3.90. The zero-order valence-electron chi connectivity index (χ0n) is 16.1. The molecule has 0 radical (unpaired) electrons. The number of Topliss-reactive ketones (excluding diaryl/α,β-unsaturated/α-hetero) is 1. The third-order valence-corrected chi connectivity index (χ3v) is 5.86. The number of oxime groups is 1. The van der Waals surface area contributed by atoms with Crippen LogP contribution in [0.3, 0.4) is 0 Å². The Hall–Kier alpha value is -2.40. The van der Waals surface area contributed by atoms with Gasteiger partial charge in [-0.25, -0.2) is 4.79 Å². The first-order chi connectivity index (χ1) is 13.6. The maximum Gasteiger partial charge on any atom is 0.331 e. The summed E-state index contributed by atoms with van der Waals surface area (Å²) < 4.78 is 0. The van der Waals surface area contributed by atoms with Gasteiger partial charge in [-0.3, -0.25) is 4.79 Å². The summed E-state index contributed by atoms with van der Waals surface area (Å²) >= 11 is 1.65. The largest absolute Gasteiger partial charge is 0.331 e. The number of ketones is 1. The van der Waals surface area contributed by atoms with Crippen molar-refractivity contribution in [1.29, 1.82) is 0 Å². The summed E-state index contributed by atoms with van der Waals surface area (Å²) in [6, 6.07) is 17.6. The van der Waals surface area contributed by atoms with E-state index < -0.39 is 5.97 Å². The first kappa shape index (κ1) is 20.3. The molecule has 2 aromatic carbocycles. The monoisotopic (exact) mass is 395 g/mol. The summed E-state index contributed by atoms with van der Waals surface area (Å²) in [4.78, 5) is 31.2. The van der Waals surface area contributed by atoms with Crippen LogP contribution in [0.1, 0.15) is 55.8 Å². The number of rotatable bonds is 7. The van der Waals surface area contributed by atoms with Gasteiger partial charge in [-0.1, -0.05) is 67.2 Å². The van der Waals surface area contributed by atoms with Gasteiger partial charge in [-0.2, -0.15) is 0 Å². The summed E-state index contributed by atoms with van der Waals surface area (Å²) in [6.07, 6.45) is 6.38. The van der Waals surface area contributed by atoms with Crippen LogP contribution in [-0.4, -0.2) is 17.5 Å². The lowest BCUT2D eigenvalue weighted by Crippen LogP contribution is -2.21. The summed E-state index contributed by atoms with van der Waals surface area (Å²) in [5.74, 6) is -0.244. The number of hydrogen-bond donors (Lipinski definition) is 0. The van der Waals surface area contributed by atoms with Gasteiger partial charge in [0.15, 0.2) is 0 Å². The van der Waals surface area contributed by atoms with Gasteiger partial charge in [-0.05, 0) is 48.7 Å². The van der Waals surface area contributed by atoms with Crippen molar-refractivity contribution >= 4 is 29.2 Å². The van der Waals surface area contributed by atoms with Crippen molar-refractivity contribution in [2.45, 2.75) is 55.2 Å². The van der Waals surface area contributed by atoms with E-state index >= 15 is 0 Å². The van der Waals surface area contributed by atoms with Gasteiger partial charge in [0.2, 0.25) is 5.78 Å². The van der Waals surface area contributed by atoms with Crippen LogP contribution in [0.5, 0.6) is 0 Å². The molecule has 2 aromatic rings. The van der Waals surface area contributed by atoms with Crippen LogP contribution in [-0.2, 0) is 9.63 Å². The highest BCUT2D eigenvalue weighted by Crippen LogP contribution is 2.29. The molecule has 1 fully saturated rings. The molecular weight excluding hydrogens is 370 g/mol. The van der Waals surface area contributed by atoms with Crippen molar-refractivity contribution in [3.05, 3.63) is 60.2 Å². The summed E-state index contributed by atoms with van der Waals surface area (Å²) in [7, 11) is 0. The van der Waals surface area contributed by atoms with E-state index in [1.54, 1.807) is 11.8 Å². The van der Waals surface area contributed by atoms with Crippen LogP contribution in [0, 0.1) is 5.92 Å². The van der Waals surface area contributed by atoms with Gasteiger partial charge in [0, 0.05) is 22.3 Å². The average molecular weight is 396 g/mol. The predicted octanol–water partition coefficient (Wildman–Crippen LogP) is 5.91. The SMILES string of the molecule is CC(=O)O/N=C(\CC1CCCCC1)C(=O)c1ccc(Sc2ccccc2)cc1. The number of carbonyl (C=O) groups excluding carboxylic acids is 2. The highest BCUT2D eigenvalue weighted by Gasteiger charge is 2.22. The summed E-state index contributed by atoms with van der Waals surface area (Å²) in [5.41, 5.74) is 0.907. The summed E-state index contributed by atoms with van der Waals surface area (Å²) in [6.45, 7) is 1.29. The molecule has 0 heterocycles. The lowest BCUT2D eigenvalue weighted by atomic mass is 9.84. The molecular formula is C23H25NO3S. The van der Waals surface area contributed by atoms with Crippen molar-refractivity contribution in [2.24, 2.45) is 11.1 Å². The normalized spacial score (nSPS) is 15.2. The van der Waals surface area contributed by atoms with Gasteiger partial charge in [0.1, 0.15) is 5.71 Å². The lowest BCUT2D eigenvalue weighted by Gasteiger charge is -2.21. The molecule has 1 saturated carbocycles. The fourth-order valence-corrected chi connectivity index (χ4v) is 4.26. The molecule has 1 aliphatic rings. The lowest BCUT2D eigenvalue weighted by molar-refractivity contribution is -0.140. The topological polar surface area (TPSA) is 55.7 Å². The molecule has 0 aromatic heterocycles. The van der Waals surface area contributed by atoms with Crippen LogP contribution in [0.4, 0.5) is 0 Å². The van der Waals surface area contributed by atoms with Gasteiger partial charge in [-0.15, -0.1) is 0 Å². The highest BCUT2D eigenvalue weighted by molar-refractivity contribution is 7.99. The average Bonchev–Trinajstić information content (AvgIpc) is 2.72. The number of hydrogen-bond acceptors (Lipinski definition) is 5. The Morgan fingerprint density at radius 2 is 1.61 bits per heavy atom. The molecule has 28 heavy (non-hydrogen) atoms. The minimum Gasteiger partial charge on any atom is -0.318 e. The molecule has 4 nitrogen and oxygen atoms in total. The molecule has 0 aliphatic heterocycles. The van der Waals surface area contributed by atoms with Gasteiger partial charge in [0.25, 0.3) is 0 Å². The third-order valence-electron chi connectivity index (χ3n) is 4.85. The van der Waals surface area contributed by atoms with E-state index in [4.69, 9.17) is 4.84 Å². The molecule has 1 aliphatic carbocycles. The van der Waals surface area contributed by atoms with E-state index in [1.807, 2.05) is 42.5 Å². The van der Waals surface area contributed by atoms with E-state index in [0.29, 0.717) is 23.6 Å². The predicted molar refractivity (Wildman–Crippen MR) is 112 cm³/mol. The first-order valence-electron chi connectivity index (χ1n) is 9.74. The fraction of sp³-hybridized carbons (Fsp3) is 0.348. The Balaban J connectivity index is 1.71. The second-order valence-corrected chi connectivity index (χ2v) is 8.24. The first-order valence-corrected chi connectivity index (χ1v) is 10.6. The second-order valence-electron chi connectivity index (χ2n) is 7.10. The zero-order valence-corrected chi connectivity index (χ0v) is 16.9. The maximum absolute atomic E-state index is 13.0. The Labute approximate surface area is 170 Å². The van der Waals surface area contributed by atoms with Gasteiger partial charge < -0.3 is 4.84 Å².